The van der Waals surface area contributed by atoms with Gasteiger partial charge in [-0.2, -0.15) is 4.68 Å². The fraction of sp³-hybridized carbons (Fsp3) is 0.125. The van der Waals surface area contributed by atoms with Crippen molar-refractivity contribution in [3.8, 4) is 5.69 Å². The van der Waals surface area contributed by atoms with Crippen LogP contribution in [0, 0.1) is 0 Å². The van der Waals surface area contributed by atoms with Crippen molar-refractivity contribution < 1.29 is 14.3 Å². The lowest BCUT2D eigenvalue weighted by atomic mass is 10.1. The zero-order valence-corrected chi connectivity index (χ0v) is 24.3. The molecule has 5 rings (SSSR count). The molecule has 3 aromatic carbocycles. The molecule has 0 aliphatic carbocycles. The highest BCUT2D eigenvalue weighted by Gasteiger charge is 2.13. The topological polar surface area (TPSA) is 136 Å². The molecule has 0 fully saturated rings. The van der Waals surface area contributed by atoms with Gasteiger partial charge >= 0.3 is 6.09 Å². The summed E-state index contributed by atoms with van der Waals surface area (Å²) in [5.41, 5.74) is 4.73. The summed E-state index contributed by atoms with van der Waals surface area (Å²) in [5, 5.41) is 21.0. The van der Waals surface area contributed by atoms with E-state index in [1.165, 1.54) is 17.1 Å². The highest BCUT2D eigenvalue weighted by atomic mass is 35.5. The second-order valence-electron chi connectivity index (χ2n) is 9.70. The van der Waals surface area contributed by atoms with Gasteiger partial charge in [-0.1, -0.05) is 41.9 Å². The lowest BCUT2D eigenvalue weighted by molar-refractivity contribution is -0.117. The van der Waals surface area contributed by atoms with Gasteiger partial charge in [-0.15, -0.1) is 5.10 Å². The van der Waals surface area contributed by atoms with Crippen molar-refractivity contribution >= 4 is 41.1 Å². The molecule has 0 aliphatic rings. The normalized spacial score (nSPS) is 11.6. The van der Waals surface area contributed by atoms with Crippen molar-refractivity contribution in [1.29, 1.82) is 0 Å². The molecule has 3 N–H and O–H groups in total. The second kappa shape index (κ2) is 15.1. The van der Waals surface area contributed by atoms with Gasteiger partial charge in [0.15, 0.2) is 0 Å². The predicted molar refractivity (Wildman–Crippen MR) is 168 cm³/mol. The molecule has 0 bridgehead atoms. The Labute approximate surface area is 258 Å². The van der Waals surface area contributed by atoms with E-state index in [2.05, 4.69) is 36.5 Å². The first-order valence-corrected chi connectivity index (χ1v) is 14.1. The molecule has 1 atom stereocenters. The Morgan fingerprint density at radius 2 is 1.70 bits per heavy atom. The number of tetrazole rings is 1. The van der Waals surface area contributed by atoms with Crippen molar-refractivity contribution in [2.24, 2.45) is 0 Å². The van der Waals surface area contributed by atoms with Crippen LogP contribution >= 0.6 is 11.6 Å². The molecule has 11 nitrogen and oxygen atoms in total. The third kappa shape index (κ3) is 8.97. The number of benzene rings is 3. The summed E-state index contributed by atoms with van der Waals surface area (Å²) in [6, 6.07) is 25.8. The van der Waals surface area contributed by atoms with Crippen molar-refractivity contribution in [1.82, 2.24) is 30.5 Å². The average molecular weight is 609 g/mol. The van der Waals surface area contributed by atoms with Crippen molar-refractivity contribution in [3.63, 3.8) is 0 Å². The lowest BCUT2D eigenvalue weighted by Gasteiger charge is -2.20. The van der Waals surface area contributed by atoms with Crippen LogP contribution in [0.15, 0.2) is 110 Å². The number of ether oxygens (including phenoxy) is 1. The summed E-state index contributed by atoms with van der Waals surface area (Å²) >= 11 is 6.21. The van der Waals surface area contributed by atoms with Gasteiger partial charge in [0, 0.05) is 47.0 Å². The van der Waals surface area contributed by atoms with Gasteiger partial charge in [-0.3, -0.25) is 15.1 Å². The molecule has 0 saturated carbocycles. The van der Waals surface area contributed by atoms with Crippen molar-refractivity contribution in [2.75, 3.05) is 17.2 Å². The average Bonchev–Trinajstić information content (AvgIpc) is 3.58. The number of aromatic nitrogens is 5. The summed E-state index contributed by atoms with van der Waals surface area (Å²) in [5.74, 6) is -0.264. The Kier molecular flexibility index (Phi) is 10.3. The number of halogens is 1. The Morgan fingerprint density at radius 3 is 2.45 bits per heavy atom. The van der Waals surface area contributed by atoms with Crippen LogP contribution in [-0.2, 0) is 22.6 Å². The number of pyridine rings is 1. The minimum absolute atomic E-state index is 0.150. The van der Waals surface area contributed by atoms with Gasteiger partial charge in [0.25, 0.3) is 0 Å². The van der Waals surface area contributed by atoms with E-state index in [4.69, 9.17) is 16.3 Å². The van der Waals surface area contributed by atoms with E-state index in [0.29, 0.717) is 34.9 Å². The van der Waals surface area contributed by atoms with E-state index in [0.717, 1.165) is 16.8 Å². The number of carbonyl (C=O) groups is 2. The molecule has 2 amide bonds. The number of amides is 2. The number of rotatable bonds is 12. The maximum absolute atomic E-state index is 13.0. The maximum atomic E-state index is 13.0. The molecule has 0 aliphatic heterocycles. The zero-order valence-electron chi connectivity index (χ0n) is 23.5. The molecule has 0 saturated heterocycles. The van der Waals surface area contributed by atoms with Gasteiger partial charge in [0.1, 0.15) is 12.9 Å². The fourth-order valence-corrected chi connectivity index (χ4v) is 4.50. The second-order valence-corrected chi connectivity index (χ2v) is 10.1. The van der Waals surface area contributed by atoms with Gasteiger partial charge in [-0.25, -0.2) is 4.79 Å². The van der Waals surface area contributed by atoms with E-state index < -0.39 is 6.09 Å². The van der Waals surface area contributed by atoms with E-state index in [1.807, 2.05) is 42.5 Å². The Morgan fingerprint density at radius 1 is 0.932 bits per heavy atom. The molecule has 2 aromatic heterocycles. The first-order chi connectivity index (χ1) is 21.5. The Balaban J connectivity index is 1.19. The minimum Gasteiger partial charge on any atom is -0.444 e. The van der Waals surface area contributed by atoms with Crippen LogP contribution in [0.4, 0.5) is 16.2 Å². The Bertz CT molecular complexity index is 1680. The number of carbonyl (C=O) groups excluding carboxylic acids is 2. The summed E-state index contributed by atoms with van der Waals surface area (Å²) in [6.45, 7) is 0.611. The van der Waals surface area contributed by atoms with E-state index in [9.17, 15) is 9.59 Å². The summed E-state index contributed by atoms with van der Waals surface area (Å²) in [6.07, 6.45) is 7.97. The molecular weight excluding hydrogens is 580 g/mol. The third-order valence-electron chi connectivity index (χ3n) is 6.47. The van der Waals surface area contributed by atoms with Crippen LogP contribution in [0.3, 0.4) is 0 Å². The molecule has 222 valence electrons. The highest BCUT2D eigenvalue weighted by molar-refractivity contribution is 6.30. The number of hydrogen-bond donors (Lipinski definition) is 3. The zero-order chi connectivity index (χ0) is 30.6. The number of nitrogens with one attached hydrogen (secondary N) is 3. The van der Waals surface area contributed by atoms with Crippen LogP contribution in [0.5, 0.6) is 0 Å². The molecule has 5 aromatic rings. The smallest absolute Gasteiger partial charge is 0.411 e. The highest BCUT2D eigenvalue weighted by Crippen LogP contribution is 2.20. The van der Waals surface area contributed by atoms with Crippen LogP contribution in [0.1, 0.15) is 16.7 Å². The largest absolute Gasteiger partial charge is 0.444 e. The minimum atomic E-state index is -0.552. The molecule has 0 spiro atoms. The first-order valence-electron chi connectivity index (χ1n) is 13.7. The summed E-state index contributed by atoms with van der Waals surface area (Å²) < 4.78 is 6.76. The van der Waals surface area contributed by atoms with Crippen molar-refractivity contribution in [3.05, 3.63) is 131 Å². The maximum Gasteiger partial charge on any atom is 0.411 e. The van der Waals surface area contributed by atoms with Gasteiger partial charge in [0.05, 0.1) is 11.7 Å². The lowest BCUT2D eigenvalue weighted by Crippen LogP contribution is -2.40. The molecule has 0 radical (unpaired) electrons. The number of hydrogen-bond acceptors (Lipinski definition) is 8. The molecule has 2 heterocycles. The molecule has 0 unspecified atom stereocenters. The van der Waals surface area contributed by atoms with Crippen molar-refractivity contribution in [2.45, 2.75) is 19.1 Å². The number of anilines is 2. The van der Waals surface area contributed by atoms with Crippen LogP contribution in [-0.4, -0.2) is 49.8 Å². The SMILES string of the molecule is O=C(/C=C/c1cc(Cl)ccc1-n1cnnn1)N[C@H](CNc1ccc(NC(=O)OCc2ccncc2)cc1)Cc1ccccc1. The van der Waals surface area contributed by atoms with E-state index in [1.54, 1.807) is 60.9 Å². The van der Waals surface area contributed by atoms with Gasteiger partial charge in [0.2, 0.25) is 5.91 Å². The van der Waals surface area contributed by atoms with Crippen LogP contribution in [0.25, 0.3) is 11.8 Å². The fourth-order valence-electron chi connectivity index (χ4n) is 4.32. The predicted octanol–water partition coefficient (Wildman–Crippen LogP) is 5.31. The van der Waals surface area contributed by atoms with Crippen LogP contribution in [0.2, 0.25) is 5.02 Å². The summed E-state index contributed by atoms with van der Waals surface area (Å²) in [7, 11) is 0. The van der Waals surface area contributed by atoms with Gasteiger partial charge < -0.3 is 15.4 Å². The monoisotopic (exact) mass is 608 g/mol. The molecular formula is C32H29ClN8O3. The molecule has 44 heavy (non-hydrogen) atoms. The quantitative estimate of drug-likeness (QED) is 0.162. The number of nitrogens with zero attached hydrogens (tertiary/aromatic N) is 5. The summed E-state index contributed by atoms with van der Waals surface area (Å²) in [4.78, 5) is 29.2. The van der Waals surface area contributed by atoms with Gasteiger partial charge in [-0.05, 0) is 88.6 Å². The van der Waals surface area contributed by atoms with E-state index in [-0.39, 0.29) is 18.6 Å². The third-order valence-corrected chi connectivity index (χ3v) is 6.71. The van der Waals surface area contributed by atoms with E-state index >= 15 is 0 Å². The van der Waals surface area contributed by atoms with Crippen LogP contribution < -0.4 is 16.0 Å². The standard InChI is InChI=1S/C32H29ClN8O3/c33-26-7-12-30(41-22-36-39-40-41)25(19-26)6-13-31(42)37-29(18-23-4-2-1-3-5-23)20-35-27-8-10-28(11-9-27)38-32(43)44-21-24-14-16-34-17-15-24/h1-17,19,22,29,35H,18,20-21H2,(H,37,42)(H,38,43)/b13-6+/t29-/m0/s1. The first kappa shape index (κ1) is 29.9. The Hall–Kier alpha value is -5.55. The molecule has 12 heteroatoms.